The molecule has 6 heteroatoms. The highest BCUT2D eigenvalue weighted by atomic mass is 16.5. The van der Waals surface area contributed by atoms with Gasteiger partial charge in [0.1, 0.15) is 0 Å². The summed E-state index contributed by atoms with van der Waals surface area (Å²) in [5, 5.41) is 3.03. The highest BCUT2D eigenvalue weighted by Gasteiger charge is 2.05. The van der Waals surface area contributed by atoms with Crippen LogP contribution in [0.1, 0.15) is 13.8 Å². The van der Waals surface area contributed by atoms with Crippen LogP contribution in [0, 0.1) is 5.92 Å². The van der Waals surface area contributed by atoms with Crippen molar-refractivity contribution < 1.29 is 4.74 Å². The molecule has 0 aliphatic heterocycles. The quantitative estimate of drug-likeness (QED) is 0.682. The number of likely N-dealkylation sites (N-methyl/N-ethyl adjacent to an activating group) is 1. The van der Waals surface area contributed by atoms with Crippen LogP contribution in [0.25, 0.3) is 0 Å². The van der Waals surface area contributed by atoms with E-state index >= 15 is 0 Å². The first-order valence-corrected chi connectivity index (χ1v) is 7.02. The van der Waals surface area contributed by atoms with Gasteiger partial charge in [-0.25, -0.2) is 4.98 Å². The summed E-state index contributed by atoms with van der Waals surface area (Å²) >= 11 is 0. The van der Waals surface area contributed by atoms with Crippen molar-refractivity contribution in [1.82, 2.24) is 14.5 Å². The lowest BCUT2D eigenvalue weighted by atomic mass is 10.2. The molecular weight excluding hydrogens is 256 g/mol. The zero-order chi connectivity index (χ0) is 15.0. The molecule has 0 aliphatic carbocycles. The Kier molecular flexibility index (Phi) is 7.25. The molecule has 114 valence electrons. The molecule has 0 saturated carbocycles. The standard InChI is InChI=1S/C14H26N4O2/c1-12(2)11-18-7-5-15-13(14(18)19)16-6-9-20-10-8-17(3)4/h5,7,12H,6,8-11H2,1-4H3,(H,15,16). The van der Waals surface area contributed by atoms with Crippen LogP contribution in [-0.2, 0) is 11.3 Å². The van der Waals surface area contributed by atoms with Crippen LogP contribution in [0.5, 0.6) is 0 Å². The van der Waals surface area contributed by atoms with Crippen LogP contribution in [-0.4, -0.2) is 54.8 Å². The van der Waals surface area contributed by atoms with Gasteiger partial charge in [-0.3, -0.25) is 4.79 Å². The topological polar surface area (TPSA) is 59.4 Å². The van der Waals surface area contributed by atoms with Crippen LogP contribution in [0.2, 0.25) is 0 Å². The molecule has 1 heterocycles. The van der Waals surface area contributed by atoms with Gasteiger partial charge in [-0.2, -0.15) is 0 Å². The molecule has 1 aromatic rings. The number of hydrogen-bond donors (Lipinski definition) is 1. The minimum Gasteiger partial charge on any atom is -0.378 e. The zero-order valence-corrected chi connectivity index (χ0v) is 12.9. The van der Waals surface area contributed by atoms with E-state index in [1.807, 2.05) is 14.1 Å². The van der Waals surface area contributed by atoms with E-state index in [0.717, 1.165) is 6.54 Å². The molecule has 0 fully saturated rings. The summed E-state index contributed by atoms with van der Waals surface area (Å²) in [4.78, 5) is 18.3. The summed E-state index contributed by atoms with van der Waals surface area (Å²) < 4.78 is 7.15. The second-order valence-corrected chi connectivity index (χ2v) is 5.47. The van der Waals surface area contributed by atoms with Crippen LogP contribution in [0.4, 0.5) is 5.82 Å². The van der Waals surface area contributed by atoms with E-state index in [9.17, 15) is 4.79 Å². The van der Waals surface area contributed by atoms with E-state index in [1.54, 1.807) is 17.0 Å². The summed E-state index contributed by atoms with van der Waals surface area (Å²) in [7, 11) is 4.01. The lowest BCUT2D eigenvalue weighted by molar-refractivity contribution is 0.126. The number of rotatable bonds is 9. The average molecular weight is 282 g/mol. The average Bonchev–Trinajstić information content (AvgIpc) is 2.36. The highest BCUT2D eigenvalue weighted by molar-refractivity contribution is 5.30. The molecule has 6 nitrogen and oxygen atoms in total. The van der Waals surface area contributed by atoms with Crippen LogP contribution in [0.15, 0.2) is 17.2 Å². The molecule has 1 N–H and O–H groups in total. The fraction of sp³-hybridized carbons (Fsp3) is 0.714. The van der Waals surface area contributed by atoms with Crippen molar-refractivity contribution in [2.24, 2.45) is 5.92 Å². The maximum Gasteiger partial charge on any atom is 0.293 e. The van der Waals surface area contributed by atoms with Gasteiger partial charge >= 0.3 is 0 Å². The Hall–Kier alpha value is -1.40. The number of aromatic nitrogens is 2. The Balaban J connectivity index is 2.39. The summed E-state index contributed by atoms with van der Waals surface area (Å²) in [6.07, 6.45) is 3.38. The van der Waals surface area contributed by atoms with E-state index in [0.29, 0.717) is 38.0 Å². The molecule has 0 radical (unpaired) electrons. The van der Waals surface area contributed by atoms with Gasteiger partial charge in [-0.15, -0.1) is 0 Å². The zero-order valence-electron chi connectivity index (χ0n) is 12.9. The lowest BCUT2D eigenvalue weighted by Crippen LogP contribution is -2.27. The van der Waals surface area contributed by atoms with Crippen molar-refractivity contribution >= 4 is 5.82 Å². The van der Waals surface area contributed by atoms with Crippen LogP contribution < -0.4 is 10.9 Å². The molecule has 0 amide bonds. The van der Waals surface area contributed by atoms with Gasteiger partial charge in [0, 0.05) is 32.0 Å². The van der Waals surface area contributed by atoms with Crippen molar-refractivity contribution in [3.05, 3.63) is 22.7 Å². The predicted octanol–water partition coefficient (Wildman–Crippen LogP) is 0.889. The molecule has 0 atom stereocenters. The number of hydrogen-bond acceptors (Lipinski definition) is 5. The molecule has 0 spiro atoms. The monoisotopic (exact) mass is 282 g/mol. The normalized spacial score (nSPS) is 11.3. The second-order valence-electron chi connectivity index (χ2n) is 5.47. The number of nitrogens with one attached hydrogen (secondary N) is 1. The second kappa shape index (κ2) is 8.71. The first-order valence-electron chi connectivity index (χ1n) is 7.02. The minimum absolute atomic E-state index is 0.0745. The number of nitrogens with zero attached hydrogens (tertiary/aromatic N) is 3. The Morgan fingerprint density at radius 1 is 1.40 bits per heavy atom. The van der Waals surface area contributed by atoms with E-state index < -0.39 is 0 Å². The summed E-state index contributed by atoms with van der Waals surface area (Å²) in [6.45, 7) is 7.60. The van der Waals surface area contributed by atoms with E-state index in [1.165, 1.54) is 0 Å². The van der Waals surface area contributed by atoms with Gasteiger partial charge in [0.05, 0.1) is 13.2 Å². The van der Waals surface area contributed by atoms with Gasteiger partial charge in [0.25, 0.3) is 5.56 Å². The molecule has 0 aliphatic rings. The first-order chi connectivity index (χ1) is 9.50. The van der Waals surface area contributed by atoms with Gasteiger partial charge in [0.2, 0.25) is 0 Å². The fourth-order valence-electron chi connectivity index (χ4n) is 1.70. The van der Waals surface area contributed by atoms with Crippen molar-refractivity contribution in [2.75, 3.05) is 45.7 Å². The third-order valence-corrected chi connectivity index (χ3v) is 2.70. The van der Waals surface area contributed by atoms with Crippen LogP contribution >= 0.6 is 0 Å². The Bertz CT molecular complexity index is 443. The van der Waals surface area contributed by atoms with E-state index in [2.05, 4.69) is 29.0 Å². The Labute approximate surface area is 120 Å². The third kappa shape index (κ3) is 6.16. The van der Waals surface area contributed by atoms with Crippen molar-refractivity contribution in [3.63, 3.8) is 0 Å². The largest absolute Gasteiger partial charge is 0.378 e. The van der Waals surface area contributed by atoms with Gasteiger partial charge < -0.3 is 19.5 Å². The predicted molar refractivity (Wildman–Crippen MR) is 81.2 cm³/mol. The van der Waals surface area contributed by atoms with Crippen molar-refractivity contribution in [3.8, 4) is 0 Å². The smallest absolute Gasteiger partial charge is 0.293 e. The lowest BCUT2D eigenvalue weighted by Gasteiger charge is -2.12. The highest BCUT2D eigenvalue weighted by Crippen LogP contribution is 1.98. The van der Waals surface area contributed by atoms with Gasteiger partial charge in [0.15, 0.2) is 5.82 Å². The fourth-order valence-corrected chi connectivity index (χ4v) is 1.70. The van der Waals surface area contributed by atoms with Crippen molar-refractivity contribution in [1.29, 1.82) is 0 Å². The van der Waals surface area contributed by atoms with Gasteiger partial charge in [-0.1, -0.05) is 13.8 Å². The molecule has 1 rings (SSSR count). The van der Waals surface area contributed by atoms with Crippen LogP contribution in [0.3, 0.4) is 0 Å². The molecule has 0 saturated heterocycles. The summed E-state index contributed by atoms with van der Waals surface area (Å²) in [5.41, 5.74) is -0.0745. The molecule has 20 heavy (non-hydrogen) atoms. The third-order valence-electron chi connectivity index (χ3n) is 2.70. The van der Waals surface area contributed by atoms with Crippen molar-refractivity contribution in [2.45, 2.75) is 20.4 Å². The first kappa shape index (κ1) is 16.7. The van der Waals surface area contributed by atoms with E-state index in [4.69, 9.17) is 4.74 Å². The summed E-state index contributed by atoms with van der Waals surface area (Å²) in [5.74, 6) is 0.821. The maximum atomic E-state index is 12.1. The molecule has 0 bridgehead atoms. The Morgan fingerprint density at radius 3 is 2.80 bits per heavy atom. The molecule has 0 unspecified atom stereocenters. The van der Waals surface area contributed by atoms with Gasteiger partial charge in [-0.05, 0) is 20.0 Å². The molecule has 0 aromatic carbocycles. The number of anilines is 1. The maximum absolute atomic E-state index is 12.1. The molecule has 1 aromatic heterocycles. The Morgan fingerprint density at radius 2 is 2.15 bits per heavy atom. The van der Waals surface area contributed by atoms with E-state index in [-0.39, 0.29) is 5.56 Å². The minimum atomic E-state index is -0.0745. The molecular formula is C14H26N4O2. The number of ether oxygens (including phenoxy) is 1. The summed E-state index contributed by atoms with van der Waals surface area (Å²) in [6, 6.07) is 0. The SMILES string of the molecule is CC(C)Cn1ccnc(NCCOCCN(C)C)c1=O.